The molecule has 0 saturated carbocycles. The summed E-state index contributed by atoms with van der Waals surface area (Å²) in [5.41, 5.74) is 0.622. The number of hydrogen-bond acceptors (Lipinski definition) is 2. The lowest BCUT2D eigenvalue weighted by molar-refractivity contribution is -0.121. The number of rotatable bonds is 6. The van der Waals surface area contributed by atoms with Gasteiger partial charge in [-0.3, -0.25) is 4.79 Å². The van der Waals surface area contributed by atoms with Crippen LogP contribution in [0.5, 0.6) is 0 Å². The molecule has 0 spiro atoms. The fourth-order valence-corrected chi connectivity index (χ4v) is 1.46. The molecule has 0 saturated heterocycles. The van der Waals surface area contributed by atoms with Gasteiger partial charge in [-0.15, -0.1) is 0 Å². The van der Waals surface area contributed by atoms with Crippen LogP contribution in [-0.4, -0.2) is 18.5 Å². The predicted molar refractivity (Wildman–Crippen MR) is 66.0 cm³/mol. The molecule has 0 atom stereocenters. The van der Waals surface area contributed by atoms with E-state index in [1.54, 1.807) is 18.2 Å². The average molecular weight is 238 g/mol. The first kappa shape index (κ1) is 13.6. The van der Waals surface area contributed by atoms with Crippen molar-refractivity contribution in [2.24, 2.45) is 0 Å². The van der Waals surface area contributed by atoms with E-state index in [1.165, 1.54) is 6.07 Å². The van der Waals surface area contributed by atoms with E-state index in [0.717, 1.165) is 0 Å². The van der Waals surface area contributed by atoms with Crippen LogP contribution in [0.25, 0.3) is 0 Å². The van der Waals surface area contributed by atoms with Gasteiger partial charge in [0, 0.05) is 31.1 Å². The van der Waals surface area contributed by atoms with Crippen LogP contribution in [0, 0.1) is 5.82 Å². The summed E-state index contributed by atoms with van der Waals surface area (Å²) in [6.45, 7) is 4.84. The number of benzene rings is 1. The molecule has 0 aromatic heterocycles. The number of halogens is 1. The minimum Gasteiger partial charge on any atom is -0.354 e. The molecule has 0 bridgehead atoms. The van der Waals surface area contributed by atoms with E-state index in [2.05, 4.69) is 10.6 Å². The molecule has 0 unspecified atom stereocenters. The highest BCUT2D eigenvalue weighted by atomic mass is 19.1. The molecule has 4 heteroatoms. The zero-order valence-electron chi connectivity index (χ0n) is 10.3. The molecule has 17 heavy (non-hydrogen) atoms. The average Bonchev–Trinajstić information content (AvgIpc) is 2.25. The Labute approximate surface area is 101 Å². The highest BCUT2D eigenvalue weighted by Gasteiger charge is 2.03. The predicted octanol–water partition coefficient (Wildman–Crippen LogP) is 1.83. The van der Waals surface area contributed by atoms with Crippen molar-refractivity contribution in [3.8, 4) is 0 Å². The number of amides is 1. The van der Waals surface area contributed by atoms with Crippen molar-refractivity contribution in [3.05, 3.63) is 35.6 Å². The summed E-state index contributed by atoms with van der Waals surface area (Å²) < 4.78 is 13.2. The first-order valence-corrected chi connectivity index (χ1v) is 5.83. The Morgan fingerprint density at radius 1 is 1.35 bits per heavy atom. The maximum Gasteiger partial charge on any atom is 0.221 e. The first-order chi connectivity index (χ1) is 8.09. The van der Waals surface area contributed by atoms with Gasteiger partial charge >= 0.3 is 0 Å². The molecule has 0 heterocycles. The fourth-order valence-electron chi connectivity index (χ4n) is 1.46. The summed E-state index contributed by atoms with van der Waals surface area (Å²) in [7, 11) is 0. The van der Waals surface area contributed by atoms with Gasteiger partial charge in [-0.1, -0.05) is 18.2 Å². The summed E-state index contributed by atoms with van der Waals surface area (Å²) in [6, 6.07) is 6.79. The van der Waals surface area contributed by atoms with Crippen LogP contribution in [0.1, 0.15) is 25.8 Å². The van der Waals surface area contributed by atoms with Crippen LogP contribution in [-0.2, 0) is 11.3 Å². The number of carbonyl (C=O) groups excluding carboxylic acids is 1. The van der Waals surface area contributed by atoms with Crippen molar-refractivity contribution in [1.82, 2.24) is 10.6 Å². The highest BCUT2D eigenvalue weighted by molar-refractivity contribution is 5.76. The van der Waals surface area contributed by atoms with E-state index in [-0.39, 0.29) is 17.8 Å². The fraction of sp³-hybridized carbons (Fsp3) is 0.462. The molecule has 0 aliphatic carbocycles. The lowest BCUT2D eigenvalue weighted by Gasteiger charge is -2.09. The van der Waals surface area contributed by atoms with Crippen LogP contribution >= 0.6 is 0 Å². The zero-order valence-corrected chi connectivity index (χ0v) is 10.3. The summed E-state index contributed by atoms with van der Waals surface area (Å²) in [5.74, 6) is -0.201. The minimum absolute atomic E-state index is 0.0148. The molecule has 0 aliphatic heterocycles. The van der Waals surface area contributed by atoms with E-state index in [4.69, 9.17) is 0 Å². The van der Waals surface area contributed by atoms with Crippen molar-refractivity contribution in [2.75, 3.05) is 6.54 Å². The first-order valence-electron chi connectivity index (χ1n) is 5.83. The minimum atomic E-state index is -0.216. The third kappa shape index (κ3) is 5.45. The zero-order chi connectivity index (χ0) is 12.7. The quantitative estimate of drug-likeness (QED) is 0.742. The topological polar surface area (TPSA) is 41.1 Å². The van der Waals surface area contributed by atoms with Gasteiger partial charge in [0.1, 0.15) is 5.82 Å². The Kier molecular flexibility index (Phi) is 5.63. The lowest BCUT2D eigenvalue weighted by atomic mass is 10.2. The normalized spacial score (nSPS) is 10.6. The maximum absolute atomic E-state index is 13.2. The van der Waals surface area contributed by atoms with Gasteiger partial charge in [-0.05, 0) is 19.9 Å². The SMILES string of the molecule is CC(C)NC(=O)CCNCc1ccccc1F. The van der Waals surface area contributed by atoms with Gasteiger partial charge in [-0.25, -0.2) is 4.39 Å². The number of nitrogens with one attached hydrogen (secondary N) is 2. The van der Waals surface area contributed by atoms with Crippen molar-refractivity contribution >= 4 is 5.91 Å². The van der Waals surface area contributed by atoms with Crippen LogP contribution in [0.3, 0.4) is 0 Å². The molecule has 1 amide bonds. The molecular weight excluding hydrogens is 219 g/mol. The van der Waals surface area contributed by atoms with E-state index >= 15 is 0 Å². The van der Waals surface area contributed by atoms with E-state index in [1.807, 2.05) is 13.8 Å². The van der Waals surface area contributed by atoms with Crippen molar-refractivity contribution in [2.45, 2.75) is 32.9 Å². The largest absolute Gasteiger partial charge is 0.354 e. The van der Waals surface area contributed by atoms with Crippen molar-refractivity contribution in [1.29, 1.82) is 0 Å². The monoisotopic (exact) mass is 238 g/mol. The Bertz CT molecular complexity index is 366. The standard InChI is InChI=1S/C13H19FN2O/c1-10(2)16-13(17)7-8-15-9-11-5-3-4-6-12(11)14/h3-6,10,15H,7-9H2,1-2H3,(H,16,17). The molecular formula is C13H19FN2O. The van der Waals surface area contributed by atoms with Crippen molar-refractivity contribution < 1.29 is 9.18 Å². The number of carbonyl (C=O) groups is 1. The Morgan fingerprint density at radius 2 is 2.06 bits per heavy atom. The Balaban J connectivity index is 2.21. The lowest BCUT2D eigenvalue weighted by Crippen LogP contribution is -2.32. The second kappa shape index (κ2) is 7.01. The molecule has 3 nitrogen and oxygen atoms in total. The third-order valence-electron chi connectivity index (χ3n) is 2.25. The summed E-state index contributed by atoms with van der Waals surface area (Å²) in [5, 5.41) is 5.85. The molecule has 1 rings (SSSR count). The van der Waals surface area contributed by atoms with E-state index < -0.39 is 0 Å². The van der Waals surface area contributed by atoms with Gasteiger partial charge < -0.3 is 10.6 Å². The van der Waals surface area contributed by atoms with Gasteiger partial charge in [0.2, 0.25) is 5.91 Å². The summed E-state index contributed by atoms with van der Waals surface area (Å²) in [4.78, 5) is 11.3. The molecule has 0 radical (unpaired) electrons. The summed E-state index contributed by atoms with van der Waals surface area (Å²) >= 11 is 0. The molecule has 1 aromatic rings. The van der Waals surface area contributed by atoms with E-state index in [0.29, 0.717) is 25.1 Å². The molecule has 0 fully saturated rings. The van der Waals surface area contributed by atoms with Crippen molar-refractivity contribution in [3.63, 3.8) is 0 Å². The Hall–Kier alpha value is -1.42. The smallest absolute Gasteiger partial charge is 0.221 e. The maximum atomic E-state index is 13.2. The third-order valence-corrected chi connectivity index (χ3v) is 2.25. The van der Waals surface area contributed by atoms with E-state index in [9.17, 15) is 9.18 Å². The van der Waals surface area contributed by atoms with Crippen LogP contribution in [0.4, 0.5) is 4.39 Å². The summed E-state index contributed by atoms with van der Waals surface area (Å²) in [6.07, 6.45) is 0.409. The second-order valence-corrected chi connectivity index (χ2v) is 4.24. The van der Waals surface area contributed by atoms with Gasteiger partial charge in [0.15, 0.2) is 0 Å². The Morgan fingerprint density at radius 3 is 2.71 bits per heavy atom. The van der Waals surface area contributed by atoms with Crippen LogP contribution in [0.2, 0.25) is 0 Å². The van der Waals surface area contributed by atoms with Crippen LogP contribution < -0.4 is 10.6 Å². The molecule has 94 valence electrons. The number of hydrogen-bond donors (Lipinski definition) is 2. The second-order valence-electron chi connectivity index (χ2n) is 4.24. The van der Waals surface area contributed by atoms with Gasteiger partial charge in [0.25, 0.3) is 0 Å². The molecule has 1 aromatic carbocycles. The van der Waals surface area contributed by atoms with Gasteiger partial charge in [0.05, 0.1) is 0 Å². The highest BCUT2D eigenvalue weighted by Crippen LogP contribution is 2.05. The van der Waals surface area contributed by atoms with Gasteiger partial charge in [-0.2, -0.15) is 0 Å². The molecule has 2 N–H and O–H groups in total. The molecule has 0 aliphatic rings. The van der Waals surface area contributed by atoms with Crippen LogP contribution in [0.15, 0.2) is 24.3 Å².